The van der Waals surface area contributed by atoms with Crippen molar-refractivity contribution in [2.75, 3.05) is 19.8 Å². The second-order valence-corrected chi connectivity index (χ2v) is 8.27. The molecule has 3 heterocycles. The van der Waals surface area contributed by atoms with Crippen molar-refractivity contribution in [3.05, 3.63) is 59.6 Å². The molecule has 3 aromatic heterocycles. The SMILES string of the molecule is CN(C)C(=C=O)Cn1cc(-c2ccc(-c3cncc4sc(C(N)=O)c(N)c34)cc2)cn1. The summed E-state index contributed by atoms with van der Waals surface area (Å²) in [6, 6.07) is 7.91. The minimum absolute atomic E-state index is 0.342. The lowest BCUT2D eigenvalue weighted by Gasteiger charge is -2.12. The third-order valence-electron chi connectivity index (χ3n) is 4.99. The quantitative estimate of drug-likeness (QED) is 0.452. The lowest BCUT2D eigenvalue weighted by Crippen LogP contribution is -2.17. The molecule has 1 amide bonds. The predicted octanol–water partition coefficient (Wildman–Crippen LogP) is 2.79. The molecule has 9 heteroatoms. The fraction of sp³-hybridized carbons (Fsp3) is 0.136. The number of nitrogen functional groups attached to an aromatic ring is 1. The Morgan fingerprint density at radius 1 is 1.13 bits per heavy atom. The van der Waals surface area contributed by atoms with Gasteiger partial charge >= 0.3 is 0 Å². The van der Waals surface area contributed by atoms with Crippen molar-refractivity contribution in [2.24, 2.45) is 5.73 Å². The minimum Gasteiger partial charge on any atom is -0.397 e. The number of rotatable bonds is 6. The van der Waals surface area contributed by atoms with Crippen molar-refractivity contribution in [3.8, 4) is 22.3 Å². The molecule has 0 atom stereocenters. The Labute approximate surface area is 182 Å². The van der Waals surface area contributed by atoms with E-state index in [4.69, 9.17) is 11.5 Å². The molecule has 0 saturated heterocycles. The fourth-order valence-corrected chi connectivity index (χ4v) is 4.30. The van der Waals surface area contributed by atoms with Crippen molar-refractivity contribution in [1.29, 1.82) is 0 Å². The Bertz CT molecular complexity index is 1330. The maximum Gasteiger partial charge on any atom is 0.260 e. The lowest BCUT2D eigenvalue weighted by molar-refractivity contribution is 0.100. The summed E-state index contributed by atoms with van der Waals surface area (Å²) in [4.78, 5) is 29.1. The van der Waals surface area contributed by atoms with Gasteiger partial charge in [0.1, 0.15) is 16.5 Å². The van der Waals surface area contributed by atoms with Gasteiger partial charge in [-0.05, 0) is 11.1 Å². The van der Waals surface area contributed by atoms with Crippen molar-refractivity contribution in [1.82, 2.24) is 19.7 Å². The van der Waals surface area contributed by atoms with E-state index in [1.165, 1.54) is 11.3 Å². The van der Waals surface area contributed by atoms with Gasteiger partial charge in [-0.25, -0.2) is 4.79 Å². The zero-order valence-electron chi connectivity index (χ0n) is 17.0. The van der Waals surface area contributed by atoms with E-state index in [1.54, 1.807) is 42.3 Å². The maximum atomic E-state index is 11.7. The number of nitrogens with two attached hydrogens (primary N) is 2. The molecule has 31 heavy (non-hydrogen) atoms. The average Bonchev–Trinajstić information content (AvgIpc) is 3.36. The van der Waals surface area contributed by atoms with E-state index >= 15 is 0 Å². The van der Waals surface area contributed by atoms with Crippen molar-refractivity contribution in [3.63, 3.8) is 0 Å². The molecule has 0 bridgehead atoms. The molecule has 4 aromatic rings. The molecule has 4 N–H and O–H groups in total. The van der Waals surface area contributed by atoms with E-state index in [0.717, 1.165) is 32.3 Å². The Balaban J connectivity index is 1.66. The zero-order chi connectivity index (χ0) is 22.1. The number of benzene rings is 1. The number of carbonyl (C=O) groups excluding carboxylic acids is 2. The van der Waals surface area contributed by atoms with Gasteiger partial charge in [0.2, 0.25) is 0 Å². The summed E-state index contributed by atoms with van der Waals surface area (Å²) < 4.78 is 2.51. The standard InChI is InChI=1S/C22H20N6O2S/c1-27(2)16(12-29)11-28-10-15(7-26-28)13-3-5-14(6-4-13)17-8-25-9-18-19(17)20(23)21(31-18)22(24)30/h3-10H,11,23H2,1-2H3,(H2,24,30). The number of allylic oxidation sites excluding steroid dienone is 1. The van der Waals surface area contributed by atoms with Crippen LogP contribution in [0.2, 0.25) is 0 Å². The second kappa shape index (κ2) is 8.06. The summed E-state index contributed by atoms with van der Waals surface area (Å²) in [5.74, 6) is 1.40. The van der Waals surface area contributed by atoms with Crippen LogP contribution in [0.4, 0.5) is 5.69 Å². The van der Waals surface area contributed by atoms with Crippen LogP contribution in [0.1, 0.15) is 9.67 Å². The van der Waals surface area contributed by atoms with Crippen LogP contribution in [0, 0.1) is 0 Å². The van der Waals surface area contributed by atoms with E-state index in [2.05, 4.69) is 10.1 Å². The summed E-state index contributed by atoms with van der Waals surface area (Å²) in [5, 5.41) is 5.12. The normalized spacial score (nSPS) is 10.8. The van der Waals surface area contributed by atoms with Crippen molar-refractivity contribution >= 4 is 39.0 Å². The first kappa shape index (κ1) is 20.3. The zero-order valence-corrected chi connectivity index (χ0v) is 17.8. The molecule has 0 spiro atoms. The molecule has 0 radical (unpaired) electrons. The van der Waals surface area contributed by atoms with Crippen LogP contribution in [0.3, 0.4) is 0 Å². The third kappa shape index (κ3) is 3.79. The maximum absolute atomic E-state index is 11.7. The molecule has 0 aliphatic carbocycles. The van der Waals surface area contributed by atoms with Gasteiger partial charge in [-0.1, -0.05) is 24.3 Å². The van der Waals surface area contributed by atoms with E-state index in [1.807, 2.05) is 36.4 Å². The summed E-state index contributed by atoms with van der Waals surface area (Å²) in [7, 11) is 3.59. The number of nitrogens with zero attached hydrogens (tertiary/aromatic N) is 4. The molecule has 8 nitrogen and oxygen atoms in total. The monoisotopic (exact) mass is 432 g/mol. The third-order valence-corrected chi connectivity index (χ3v) is 6.15. The number of amides is 1. The first-order valence-electron chi connectivity index (χ1n) is 9.39. The molecular formula is C22H20N6O2S. The molecule has 0 unspecified atom stereocenters. The predicted molar refractivity (Wildman–Crippen MR) is 122 cm³/mol. The second-order valence-electron chi connectivity index (χ2n) is 7.22. The van der Waals surface area contributed by atoms with Gasteiger partial charge in [-0.3, -0.25) is 14.5 Å². The number of aromatic nitrogens is 3. The number of thiophene rings is 1. The fourth-order valence-electron chi connectivity index (χ4n) is 3.34. The average molecular weight is 433 g/mol. The number of hydrogen-bond acceptors (Lipinski definition) is 7. The van der Waals surface area contributed by atoms with Crippen LogP contribution in [0.15, 0.2) is 54.7 Å². The van der Waals surface area contributed by atoms with E-state index in [-0.39, 0.29) is 0 Å². The molecular weight excluding hydrogens is 412 g/mol. The topological polar surface area (TPSA) is 120 Å². The van der Waals surface area contributed by atoms with Crippen LogP contribution in [-0.4, -0.2) is 45.6 Å². The van der Waals surface area contributed by atoms with Gasteiger partial charge in [0, 0.05) is 49.2 Å². The number of anilines is 1. The van der Waals surface area contributed by atoms with E-state index in [9.17, 15) is 9.59 Å². The van der Waals surface area contributed by atoms with Crippen molar-refractivity contribution < 1.29 is 9.59 Å². The summed E-state index contributed by atoms with van der Waals surface area (Å²) in [6.45, 7) is 0.349. The first-order chi connectivity index (χ1) is 14.9. The number of hydrogen-bond donors (Lipinski definition) is 2. The molecule has 1 aromatic carbocycles. The Kier molecular flexibility index (Phi) is 5.29. The number of carbonyl (C=O) groups is 1. The van der Waals surface area contributed by atoms with E-state index in [0.29, 0.717) is 22.8 Å². The van der Waals surface area contributed by atoms with Crippen LogP contribution < -0.4 is 11.5 Å². The highest BCUT2D eigenvalue weighted by atomic mass is 32.1. The highest BCUT2D eigenvalue weighted by Crippen LogP contribution is 2.39. The van der Waals surface area contributed by atoms with Crippen molar-refractivity contribution in [2.45, 2.75) is 6.54 Å². The smallest absolute Gasteiger partial charge is 0.260 e. The number of likely N-dealkylation sites (N-methyl/N-ethyl adjacent to an activating group) is 1. The van der Waals surface area contributed by atoms with Gasteiger partial charge in [0.15, 0.2) is 0 Å². The van der Waals surface area contributed by atoms with Crippen LogP contribution in [0.5, 0.6) is 0 Å². The Morgan fingerprint density at radius 2 is 1.84 bits per heavy atom. The van der Waals surface area contributed by atoms with Gasteiger partial charge in [-0.2, -0.15) is 5.10 Å². The molecule has 0 fully saturated rings. The highest BCUT2D eigenvalue weighted by molar-refractivity contribution is 7.21. The van der Waals surface area contributed by atoms with E-state index < -0.39 is 5.91 Å². The van der Waals surface area contributed by atoms with Gasteiger partial charge in [-0.15, -0.1) is 11.3 Å². The molecule has 0 aliphatic rings. The van der Waals surface area contributed by atoms with Crippen LogP contribution in [-0.2, 0) is 11.3 Å². The van der Waals surface area contributed by atoms with Crippen LogP contribution in [0.25, 0.3) is 32.3 Å². The summed E-state index contributed by atoms with van der Waals surface area (Å²) in [5.41, 5.74) is 16.2. The molecule has 156 valence electrons. The number of primary amides is 1. The molecule has 0 saturated carbocycles. The van der Waals surface area contributed by atoms with Crippen LogP contribution >= 0.6 is 11.3 Å². The summed E-state index contributed by atoms with van der Waals surface area (Å²) >= 11 is 1.25. The van der Waals surface area contributed by atoms with Gasteiger partial charge in [0.05, 0.1) is 23.1 Å². The van der Waals surface area contributed by atoms with Gasteiger partial charge in [0.25, 0.3) is 5.91 Å². The minimum atomic E-state index is -0.543. The number of pyridine rings is 1. The Morgan fingerprint density at radius 3 is 2.48 bits per heavy atom. The van der Waals surface area contributed by atoms with Gasteiger partial charge < -0.3 is 16.4 Å². The molecule has 4 rings (SSSR count). The molecule has 0 aliphatic heterocycles. The first-order valence-corrected chi connectivity index (χ1v) is 10.2. The summed E-state index contributed by atoms with van der Waals surface area (Å²) in [6.07, 6.45) is 7.06. The lowest BCUT2D eigenvalue weighted by atomic mass is 10.00. The highest BCUT2D eigenvalue weighted by Gasteiger charge is 2.17. The Hall–Kier alpha value is -3.94. The number of fused-ring (bicyclic) bond motifs is 1. The largest absolute Gasteiger partial charge is 0.397 e.